The van der Waals surface area contributed by atoms with Crippen LogP contribution in [0, 0.1) is 11.8 Å². The third kappa shape index (κ3) is 2.84. The second-order valence-corrected chi connectivity index (χ2v) is 4.95. The van der Waals surface area contributed by atoms with Crippen LogP contribution in [-0.4, -0.2) is 42.5 Å². The molecule has 3 N–H and O–H groups in total. The highest BCUT2D eigenvalue weighted by atomic mass is 16.4. The van der Waals surface area contributed by atoms with Gasteiger partial charge in [0.1, 0.15) is 5.92 Å². The van der Waals surface area contributed by atoms with E-state index in [0.717, 1.165) is 45.3 Å². The number of ketones is 1. The lowest BCUT2D eigenvalue weighted by atomic mass is 9.80. The Balaban J connectivity index is 2.04. The number of nitrogens with one attached hydrogen (secondary N) is 2. The Morgan fingerprint density at radius 1 is 1.12 bits per heavy atom. The van der Waals surface area contributed by atoms with Gasteiger partial charge in [-0.05, 0) is 51.2 Å². The van der Waals surface area contributed by atoms with E-state index in [0.29, 0.717) is 0 Å². The molecule has 96 valence electrons. The van der Waals surface area contributed by atoms with E-state index in [9.17, 15) is 14.7 Å². The lowest BCUT2D eigenvalue weighted by molar-refractivity contribution is -0.149. The normalized spacial score (nSPS) is 27.9. The SMILES string of the molecule is O=C(O)C(C(=O)[C@H]1CCCN1)C1CCNCC1. The summed E-state index contributed by atoms with van der Waals surface area (Å²) in [5, 5.41) is 15.6. The van der Waals surface area contributed by atoms with E-state index in [1.54, 1.807) is 0 Å². The maximum absolute atomic E-state index is 12.2. The molecule has 0 amide bonds. The summed E-state index contributed by atoms with van der Waals surface area (Å²) in [7, 11) is 0. The van der Waals surface area contributed by atoms with Crippen LogP contribution in [0.25, 0.3) is 0 Å². The maximum atomic E-state index is 12.2. The Bertz CT molecular complexity index is 294. The summed E-state index contributed by atoms with van der Waals surface area (Å²) >= 11 is 0. The van der Waals surface area contributed by atoms with Gasteiger partial charge in [0, 0.05) is 0 Å². The second-order valence-electron chi connectivity index (χ2n) is 4.95. The monoisotopic (exact) mass is 240 g/mol. The fraction of sp³-hybridized carbons (Fsp3) is 0.833. The summed E-state index contributed by atoms with van der Waals surface area (Å²) < 4.78 is 0. The first-order valence-electron chi connectivity index (χ1n) is 6.41. The predicted octanol–water partition coefficient (Wildman–Crippen LogP) is 0.00790. The Hall–Kier alpha value is -0.940. The standard InChI is InChI=1S/C12H20N2O3/c15-11(9-2-1-5-14-9)10(12(16)17)8-3-6-13-7-4-8/h8-10,13-14H,1-7H2,(H,16,17)/t9-,10?/m1/s1. The molecular formula is C12H20N2O3. The highest BCUT2D eigenvalue weighted by Crippen LogP contribution is 2.25. The largest absolute Gasteiger partial charge is 0.481 e. The Morgan fingerprint density at radius 2 is 1.82 bits per heavy atom. The molecule has 0 spiro atoms. The van der Waals surface area contributed by atoms with Gasteiger partial charge in [-0.3, -0.25) is 9.59 Å². The zero-order valence-electron chi connectivity index (χ0n) is 9.95. The van der Waals surface area contributed by atoms with Crippen LogP contribution in [0.4, 0.5) is 0 Å². The summed E-state index contributed by atoms with van der Waals surface area (Å²) in [4.78, 5) is 23.6. The summed E-state index contributed by atoms with van der Waals surface area (Å²) in [6.45, 7) is 2.47. The van der Waals surface area contributed by atoms with Gasteiger partial charge in [0.05, 0.1) is 6.04 Å². The van der Waals surface area contributed by atoms with Gasteiger partial charge in [0.2, 0.25) is 0 Å². The van der Waals surface area contributed by atoms with Gasteiger partial charge in [-0.25, -0.2) is 0 Å². The van der Waals surface area contributed by atoms with Crippen LogP contribution in [0.3, 0.4) is 0 Å². The number of piperidine rings is 1. The van der Waals surface area contributed by atoms with Crippen LogP contribution >= 0.6 is 0 Å². The van der Waals surface area contributed by atoms with E-state index in [2.05, 4.69) is 10.6 Å². The number of carbonyl (C=O) groups is 2. The molecule has 2 saturated heterocycles. The number of carbonyl (C=O) groups excluding carboxylic acids is 1. The molecule has 2 atom stereocenters. The molecule has 0 aromatic heterocycles. The number of hydrogen-bond acceptors (Lipinski definition) is 4. The van der Waals surface area contributed by atoms with E-state index in [4.69, 9.17) is 0 Å². The molecule has 2 aliphatic rings. The van der Waals surface area contributed by atoms with Crippen molar-refractivity contribution in [3.63, 3.8) is 0 Å². The van der Waals surface area contributed by atoms with Gasteiger partial charge in [0.15, 0.2) is 5.78 Å². The van der Waals surface area contributed by atoms with Crippen LogP contribution in [0.1, 0.15) is 25.7 Å². The van der Waals surface area contributed by atoms with Crippen molar-refractivity contribution in [3.8, 4) is 0 Å². The van der Waals surface area contributed by atoms with E-state index in [1.807, 2.05) is 0 Å². The maximum Gasteiger partial charge on any atom is 0.314 e. The molecule has 2 heterocycles. The van der Waals surface area contributed by atoms with E-state index < -0.39 is 11.9 Å². The fourth-order valence-electron chi connectivity index (χ4n) is 2.88. The number of carboxylic acids is 1. The lowest BCUT2D eigenvalue weighted by Gasteiger charge is -2.28. The summed E-state index contributed by atoms with van der Waals surface area (Å²) in [5.41, 5.74) is 0. The molecule has 2 rings (SSSR count). The van der Waals surface area contributed by atoms with Crippen LogP contribution < -0.4 is 10.6 Å². The molecule has 5 heteroatoms. The molecule has 0 aromatic rings. The molecule has 0 aromatic carbocycles. The minimum absolute atomic E-state index is 0.00338. The quantitative estimate of drug-likeness (QED) is 0.603. The Kier molecular flexibility index (Phi) is 4.12. The van der Waals surface area contributed by atoms with Crippen LogP contribution in [0.2, 0.25) is 0 Å². The van der Waals surface area contributed by atoms with Crippen molar-refractivity contribution < 1.29 is 14.7 Å². The lowest BCUT2D eigenvalue weighted by Crippen LogP contribution is -2.45. The van der Waals surface area contributed by atoms with Crippen molar-refractivity contribution in [3.05, 3.63) is 0 Å². The van der Waals surface area contributed by atoms with Crippen molar-refractivity contribution in [1.82, 2.24) is 10.6 Å². The fourth-order valence-corrected chi connectivity index (χ4v) is 2.88. The van der Waals surface area contributed by atoms with E-state index in [-0.39, 0.29) is 17.7 Å². The highest BCUT2D eigenvalue weighted by Gasteiger charge is 2.39. The van der Waals surface area contributed by atoms with Crippen molar-refractivity contribution in [2.75, 3.05) is 19.6 Å². The third-order valence-electron chi connectivity index (χ3n) is 3.83. The minimum atomic E-state index is -0.949. The zero-order chi connectivity index (χ0) is 12.3. The number of rotatable bonds is 4. The van der Waals surface area contributed by atoms with Crippen LogP contribution in [0.5, 0.6) is 0 Å². The molecule has 0 saturated carbocycles. The van der Waals surface area contributed by atoms with Crippen molar-refractivity contribution >= 4 is 11.8 Å². The van der Waals surface area contributed by atoms with Gasteiger partial charge in [-0.1, -0.05) is 0 Å². The molecule has 0 bridgehead atoms. The summed E-state index contributed by atoms with van der Waals surface area (Å²) in [6.07, 6.45) is 3.33. The first-order valence-corrected chi connectivity index (χ1v) is 6.41. The number of hydrogen-bond donors (Lipinski definition) is 3. The first kappa shape index (κ1) is 12.5. The van der Waals surface area contributed by atoms with Crippen molar-refractivity contribution in [2.45, 2.75) is 31.7 Å². The van der Waals surface area contributed by atoms with E-state index in [1.165, 1.54) is 0 Å². The molecule has 17 heavy (non-hydrogen) atoms. The molecule has 0 radical (unpaired) electrons. The molecule has 5 nitrogen and oxygen atoms in total. The highest BCUT2D eigenvalue weighted by molar-refractivity contribution is 6.01. The van der Waals surface area contributed by atoms with E-state index >= 15 is 0 Å². The van der Waals surface area contributed by atoms with Gasteiger partial charge in [-0.2, -0.15) is 0 Å². The number of carboxylic acid groups (broad SMARTS) is 1. The van der Waals surface area contributed by atoms with Crippen LogP contribution in [0.15, 0.2) is 0 Å². The second kappa shape index (κ2) is 5.60. The van der Waals surface area contributed by atoms with Gasteiger partial charge < -0.3 is 15.7 Å². The third-order valence-corrected chi connectivity index (χ3v) is 3.83. The zero-order valence-corrected chi connectivity index (χ0v) is 9.95. The Morgan fingerprint density at radius 3 is 2.35 bits per heavy atom. The number of aliphatic carboxylic acids is 1. The minimum Gasteiger partial charge on any atom is -0.481 e. The number of Topliss-reactive ketones (excluding diaryl/α,β-unsaturated/α-hetero) is 1. The van der Waals surface area contributed by atoms with Crippen LogP contribution in [-0.2, 0) is 9.59 Å². The van der Waals surface area contributed by atoms with Gasteiger partial charge >= 0.3 is 5.97 Å². The van der Waals surface area contributed by atoms with Crippen molar-refractivity contribution in [1.29, 1.82) is 0 Å². The molecule has 2 fully saturated rings. The smallest absolute Gasteiger partial charge is 0.314 e. The molecule has 0 aliphatic carbocycles. The molecule has 2 aliphatic heterocycles. The van der Waals surface area contributed by atoms with Crippen molar-refractivity contribution in [2.24, 2.45) is 11.8 Å². The van der Waals surface area contributed by atoms with Gasteiger partial charge in [0.25, 0.3) is 0 Å². The summed E-state index contributed by atoms with van der Waals surface area (Å²) in [5.74, 6) is -1.87. The average Bonchev–Trinajstić information content (AvgIpc) is 2.83. The summed E-state index contributed by atoms with van der Waals surface area (Å²) in [6, 6.07) is -0.231. The topological polar surface area (TPSA) is 78.4 Å². The first-order chi connectivity index (χ1) is 8.20. The molecule has 1 unspecified atom stereocenters. The van der Waals surface area contributed by atoms with Gasteiger partial charge in [-0.15, -0.1) is 0 Å². The average molecular weight is 240 g/mol. The molecular weight excluding hydrogens is 220 g/mol. The predicted molar refractivity (Wildman–Crippen MR) is 62.8 cm³/mol. The Labute approximate surface area is 101 Å².